The van der Waals surface area contributed by atoms with Crippen molar-refractivity contribution in [2.45, 2.75) is 45.8 Å². The minimum atomic E-state index is -0.101. The predicted octanol–water partition coefficient (Wildman–Crippen LogP) is 2.47. The fourth-order valence-electron chi connectivity index (χ4n) is 4.32. The molecule has 0 spiro atoms. The maximum absolute atomic E-state index is 13.2. The molecule has 2 aromatic rings. The molecular formula is C21H26N4O2. The van der Waals surface area contributed by atoms with Crippen molar-refractivity contribution in [3.8, 4) is 0 Å². The van der Waals surface area contributed by atoms with Crippen LogP contribution in [0.1, 0.15) is 41.5 Å². The number of rotatable bonds is 4. The average Bonchev–Trinajstić information content (AvgIpc) is 2.86. The number of aromatic nitrogens is 2. The quantitative estimate of drug-likeness (QED) is 0.835. The SMILES string of the molecule is CCn1nc(C)cc1C(=O)N1C[C@@H]2CC[C@H](C1)N(Cc1ccccc1)C2=O. The number of hydrogen-bond acceptors (Lipinski definition) is 3. The van der Waals surface area contributed by atoms with Crippen LogP contribution in [0.5, 0.6) is 0 Å². The average molecular weight is 366 g/mol. The minimum Gasteiger partial charge on any atom is -0.334 e. The van der Waals surface area contributed by atoms with E-state index in [4.69, 9.17) is 0 Å². The van der Waals surface area contributed by atoms with Crippen LogP contribution in [0.15, 0.2) is 36.4 Å². The smallest absolute Gasteiger partial charge is 0.272 e. The second-order valence-electron chi connectivity index (χ2n) is 7.58. The lowest BCUT2D eigenvalue weighted by Crippen LogP contribution is -2.47. The van der Waals surface area contributed by atoms with E-state index in [-0.39, 0.29) is 23.8 Å². The number of carbonyl (C=O) groups excluding carboxylic acids is 2. The first-order chi connectivity index (χ1) is 13.1. The van der Waals surface area contributed by atoms with Crippen LogP contribution < -0.4 is 0 Å². The number of fused-ring (bicyclic) bond motifs is 4. The van der Waals surface area contributed by atoms with Crippen LogP contribution in [-0.2, 0) is 17.9 Å². The van der Waals surface area contributed by atoms with Gasteiger partial charge in [0.25, 0.3) is 5.91 Å². The van der Waals surface area contributed by atoms with Gasteiger partial charge in [-0.3, -0.25) is 14.3 Å². The first kappa shape index (κ1) is 17.8. The van der Waals surface area contributed by atoms with Gasteiger partial charge in [0.05, 0.1) is 11.6 Å². The third-order valence-electron chi connectivity index (χ3n) is 5.70. The highest BCUT2D eigenvalue weighted by atomic mass is 16.2. The van der Waals surface area contributed by atoms with Crippen molar-refractivity contribution in [1.82, 2.24) is 19.6 Å². The topological polar surface area (TPSA) is 58.4 Å². The zero-order valence-corrected chi connectivity index (χ0v) is 16.0. The number of carbonyl (C=O) groups is 2. The number of aryl methyl sites for hydroxylation is 2. The molecular weight excluding hydrogens is 340 g/mol. The van der Waals surface area contributed by atoms with Crippen molar-refractivity contribution in [3.05, 3.63) is 53.3 Å². The highest BCUT2D eigenvalue weighted by Gasteiger charge is 2.42. The molecule has 2 bridgehead atoms. The Kier molecular flexibility index (Phi) is 4.72. The Hall–Kier alpha value is -2.63. The fraction of sp³-hybridized carbons (Fsp3) is 0.476. The lowest BCUT2D eigenvalue weighted by atomic mass is 9.93. The van der Waals surface area contributed by atoms with Crippen LogP contribution >= 0.6 is 0 Å². The van der Waals surface area contributed by atoms with E-state index in [9.17, 15) is 9.59 Å². The molecule has 0 aliphatic carbocycles. The highest BCUT2D eigenvalue weighted by molar-refractivity contribution is 5.93. The van der Waals surface area contributed by atoms with Crippen LogP contribution in [0.4, 0.5) is 0 Å². The Morgan fingerprint density at radius 3 is 2.70 bits per heavy atom. The minimum absolute atomic E-state index is 0.0105. The summed E-state index contributed by atoms with van der Waals surface area (Å²) in [5, 5.41) is 4.40. The summed E-state index contributed by atoms with van der Waals surface area (Å²) in [7, 11) is 0. The van der Waals surface area contributed by atoms with Gasteiger partial charge >= 0.3 is 0 Å². The molecule has 1 aromatic carbocycles. The molecule has 6 heteroatoms. The molecule has 5 rings (SSSR count). The van der Waals surface area contributed by atoms with E-state index in [1.54, 1.807) is 4.68 Å². The number of hydrogen-bond donors (Lipinski definition) is 0. The van der Waals surface area contributed by atoms with E-state index < -0.39 is 0 Å². The second-order valence-corrected chi connectivity index (χ2v) is 7.58. The maximum Gasteiger partial charge on any atom is 0.272 e. The first-order valence-electron chi connectivity index (χ1n) is 9.75. The Morgan fingerprint density at radius 1 is 1.19 bits per heavy atom. The van der Waals surface area contributed by atoms with Gasteiger partial charge in [0.1, 0.15) is 5.69 Å². The molecule has 27 heavy (non-hydrogen) atoms. The van der Waals surface area contributed by atoms with Crippen molar-refractivity contribution >= 4 is 11.8 Å². The first-order valence-corrected chi connectivity index (χ1v) is 9.75. The van der Waals surface area contributed by atoms with Crippen molar-refractivity contribution in [2.75, 3.05) is 13.1 Å². The van der Waals surface area contributed by atoms with Gasteiger partial charge in [-0.25, -0.2) is 0 Å². The molecule has 0 unspecified atom stereocenters. The Labute approximate surface area is 159 Å². The standard InChI is InChI=1S/C21H26N4O2/c1-3-25-19(11-15(2)22-25)21(27)23-13-17-9-10-18(14-23)24(20(17)26)12-16-7-5-4-6-8-16/h4-8,11,17-18H,3,9-10,12-14H2,1-2H3/t17-,18+/m0/s1. The number of amides is 2. The lowest BCUT2D eigenvalue weighted by molar-refractivity contribution is -0.140. The van der Waals surface area contributed by atoms with Crippen LogP contribution in [0.2, 0.25) is 0 Å². The Balaban J connectivity index is 1.57. The van der Waals surface area contributed by atoms with Crippen LogP contribution in [0.3, 0.4) is 0 Å². The van der Waals surface area contributed by atoms with Crippen LogP contribution in [-0.4, -0.2) is 50.5 Å². The van der Waals surface area contributed by atoms with Gasteiger partial charge < -0.3 is 9.80 Å². The lowest BCUT2D eigenvalue weighted by Gasteiger charge is -2.36. The van der Waals surface area contributed by atoms with E-state index in [1.165, 1.54) is 0 Å². The van der Waals surface area contributed by atoms with Gasteiger partial charge in [0.2, 0.25) is 5.91 Å². The third kappa shape index (κ3) is 3.36. The summed E-state index contributed by atoms with van der Waals surface area (Å²) in [6, 6.07) is 12.0. The molecule has 0 radical (unpaired) electrons. The number of nitrogens with zero attached hydrogens (tertiary/aromatic N) is 4. The zero-order valence-electron chi connectivity index (χ0n) is 16.0. The summed E-state index contributed by atoms with van der Waals surface area (Å²) in [6.45, 7) is 6.28. The molecule has 4 heterocycles. The van der Waals surface area contributed by atoms with Crippen molar-refractivity contribution in [1.29, 1.82) is 0 Å². The summed E-state index contributed by atoms with van der Waals surface area (Å²) in [6.07, 6.45) is 1.82. The molecule has 3 saturated heterocycles. The summed E-state index contributed by atoms with van der Waals surface area (Å²) in [5.41, 5.74) is 2.61. The van der Waals surface area contributed by atoms with Gasteiger partial charge in [0, 0.05) is 32.2 Å². The molecule has 3 fully saturated rings. The van der Waals surface area contributed by atoms with Crippen molar-refractivity contribution < 1.29 is 9.59 Å². The number of piperidine rings is 1. The van der Waals surface area contributed by atoms with Gasteiger partial charge in [-0.1, -0.05) is 30.3 Å². The normalized spacial score (nSPS) is 22.2. The molecule has 1 aromatic heterocycles. The van der Waals surface area contributed by atoms with Crippen molar-refractivity contribution in [2.24, 2.45) is 5.92 Å². The van der Waals surface area contributed by atoms with Gasteiger partial charge in [-0.05, 0) is 38.3 Å². The van der Waals surface area contributed by atoms with E-state index >= 15 is 0 Å². The van der Waals surface area contributed by atoms with Crippen LogP contribution in [0.25, 0.3) is 0 Å². The van der Waals surface area contributed by atoms with Crippen LogP contribution in [0, 0.1) is 12.8 Å². The second kappa shape index (κ2) is 7.18. The Morgan fingerprint density at radius 2 is 1.96 bits per heavy atom. The fourth-order valence-corrected chi connectivity index (χ4v) is 4.32. The van der Waals surface area contributed by atoms with E-state index in [1.807, 2.05) is 47.9 Å². The van der Waals surface area contributed by atoms with E-state index in [0.29, 0.717) is 31.9 Å². The van der Waals surface area contributed by atoms with E-state index in [0.717, 1.165) is 24.1 Å². The molecule has 0 N–H and O–H groups in total. The van der Waals surface area contributed by atoms with Crippen molar-refractivity contribution in [3.63, 3.8) is 0 Å². The summed E-state index contributed by atoms with van der Waals surface area (Å²) in [4.78, 5) is 30.0. The van der Waals surface area contributed by atoms with Gasteiger partial charge in [-0.15, -0.1) is 0 Å². The monoisotopic (exact) mass is 366 g/mol. The number of benzene rings is 1. The zero-order chi connectivity index (χ0) is 19.0. The maximum atomic E-state index is 13.2. The Bertz CT molecular complexity index is 845. The summed E-state index contributed by atoms with van der Waals surface area (Å²) >= 11 is 0. The molecule has 3 aliphatic rings. The van der Waals surface area contributed by atoms with Gasteiger partial charge in [0.15, 0.2) is 0 Å². The largest absolute Gasteiger partial charge is 0.334 e. The third-order valence-corrected chi connectivity index (χ3v) is 5.70. The summed E-state index contributed by atoms with van der Waals surface area (Å²) < 4.78 is 1.76. The summed E-state index contributed by atoms with van der Waals surface area (Å²) in [5.74, 6) is 0.0739. The van der Waals surface area contributed by atoms with Gasteiger partial charge in [-0.2, -0.15) is 5.10 Å². The molecule has 2 atom stereocenters. The molecule has 3 aliphatic heterocycles. The van der Waals surface area contributed by atoms with E-state index in [2.05, 4.69) is 17.2 Å². The predicted molar refractivity (Wildman–Crippen MR) is 102 cm³/mol. The highest BCUT2D eigenvalue weighted by Crippen LogP contribution is 2.31. The molecule has 2 amide bonds. The molecule has 142 valence electrons. The molecule has 0 saturated carbocycles. The molecule has 6 nitrogen and oxygen atoms in total.